The number of nitrogens with two attached hydrogens (primary N) is 1. The van der Waals surface area contributed by atoms with Crippen LogP contribution >= 0.6 is 0 Å². The SMILES string of the molecule is NCC1(c2cccc3c2OCC3)CC1. The van der Waals surface area contributed by atoms with Crippen molar-refractivity contribution < 1.29 is 4.74 Å². The van der Waals surface area contributed by atoms with Crippen LogP contribution in [0.1, 0.15) is 24.0 Å². The number of rotatable bonds is 2. The number of fused-ring (bicyclic) bond motifs is 1. The summed E-state index contributed by atoms with van der Waals surface area (Å²) >= 11 is 0. The molecule has 0 saturated heterocycles. The lowest BCUT2D eigenvalue weighted by Crippen LogP contribution is -2.20. The predicted molar refractivity (Wildman–Crippen MR) is 55.6 cm³/mol. The number of benzene rings is 1. The first-order valence-corrected chi connectivity index (χ1v) is 5.31. The molecular weight excluding hydrogens is 174 g/mol. The molecule has 0 amide bonds. The molecule has 2 aliphatic rings. The van der Waals surface area contributed by atoms with Gasteiger partial charge in [-0.25, -0.2) is 0 Å². The third-order valence-corrected chi connectivity index (χ3v) is 3.53. The molecule has 0 bridgehead atoms. The van der Waals surface area contributed by atoms with E-state index in [0.717, 1.165) is 25.3 Å². The lowest BCUT2D eigenvalue weighted by molar-refractivity contribution is 0.350. The first kappa shape index (κ1) is 8.30. The quantitative estimate of drug-likeness (QED) is 0.767. The first-order chi connectivity index (χ1) is 6.86. The highest BCUT2D eigenvalue weighted by atomic mass is 16.5. The van der Waals surface area contributed by atoms with Gasteiger partial charge in [0.15, 0.2) is 0 Å². The fraction of sp³-hybridized carbons (Fsp3) is 0.500. The molecular formula is C12H15NO. The van der Waals surface area contributed by atoms with Gasteiger partial charge in [0, 0.05) is 23.9 Å². The van der Waals surface area contributed by atoms with E-state index in [1.807, 2.05) is 0 Å². The topological polar surface area (TPSA) is 35.2 Å². The van der Waals surface area contributed by atoms with Crippen LogP contribution in [-0.4, -0.2) is 13.2 Å². The molecule has 2 heteroatoms. The van der Waals surface area contributed by atoms with Crippen LogP contribution < -0.4 is 10.5 Å². The Bertz CT molecular complexity index is 369. The second-order valence-corrected chi connectivity index (χ2v) is 4.38. The predicted octanol–water partition coefficient (Wildman–Crippen LogP) is 1.61. The minimum Gasteiger partial charge on any atom is -0.493 e. The van der Waals surface area contributed by atoms with Crippen LogP contribution in [0.25, 0.3) is 0 Å². The largest absolute Gasteiger partial charge is 0.493 e. The summed E-state index contributed by atoms with van der Waals surface area (Å²) in [5, 5.41) is 0. The number of para-hydroxylation sites is 1. The summed E-state index contributed by atoms with van der Waals surface area (Å²) in [5.74, 6) is 1.13. The zero-order chi connectivity index (χ0) is 9.60. The van der Waals surface area contributed by atoms with Crippen molar-refractivity contribution in [3.8, 4) is 5.75 Å². The van der Waals surface area contributed by atoms with Crippen molar-refractivity contribution in [1.82, 2.24) is 0 Å². The van der Waals surface area contributed by atoms with Crippen LogP contribution in [0.2, 0.25) is 0 Å². The van der Waals surface area contributed by atoms with Crippen LogP contribution in [0.5, 0.6) is 5.75 Å². The number of hydrogen-bond acceptors (Lipinski definition) is 2. The monoisotopic (exact) mass is 189 g/mol. The Kier molecular flexibility index (Phi) is 1.62. The van der Waals surface area contributed by atoms with Crippen LogP contribution in [0.3, 0.4) is 0 Å². The minimum atomic E-state index is 0.260. The van der Waals surface area contributed by atoms with Gasteiger partial charge in [-0.2, -0.15) is 0 Å². The molecule has 74 valence electrons. The van der Waals surface area contributed by atoms with E-state index in [1.54, 1.807) is 0 Å². The molecule has 1 aromatic carbocycles. The van der Waals surface area contributed by atoms with E-state index in [1.165, 1.54) is 24.0 Å². The van der Waals surface area contributed by atoms with E-state index < -0.39 is 0 Å². The van der Waals surface area contributed by atoms with E-state index in [2.05, 4.69) is 18.2 Å². The van der Waals surface area contributed by atoms with Crippen LogP contribution in [-0.2, 0) is 11.8 Å². The fourth-order valence-electron chi connectivity index (χ4n) is 2.37. The zero-order valence-electron chi connectivity index (χ0n) is 8.25. The van der Waals surface area contributed by atoms with Crippen LogP contribution in [0.4, 0.5) is 0 Å². The highest BCUT2D eigenvalue weighted by Crippen LogP contribution is 2.51. The van der Waals surface area contributed by atoms with E-state index in [4.69, 9.17) is 10.5 Å². The maximum atomic E-state index is 5.84. The molecule has 1 saturated carbocycles. The van der Waals surface area contributed by atoms with Crippen molar-refractivity contribution in [1.29, 1.82) is 0 Å². The smallest absolute Gasteiger partial charge is 0.126 e. The Morgan fingerprint density at radius 3 is 2.93 bits per heavy atom. The Labute approximate surface area is 84.1 Å². The Hall–Kier alpha value is -1.02. The first-order valence-electron chi connectivity index (χ1n) is 5.31. The van der Waals surface area contributed by atoms with Gasteiger partial charge in [0.2, 0.25) is 0 Å². The number of ether oxygens (including phenoxy) is 1. The van der Waals surface area contributed by atoms with Gasteiger partial charge in [0.05, 0.1) is 6.61 Å². The maximum absolute atomic E-state index is 5.84. The highest BCUT2D eigenvalue weighted by molar-refractivity contribution is 5.50. The molecule has 0 radical (unpaired) electrons. The van der Waals surface area contributed by atoms with Gasteiger partial charge in [-0.05, 0) is 18.4 Å². The van der Waals surface area contributed by atoms with Gasteiger partial charge >= 0.3 is 0 Å². The van der Waals surface area contributed by atoms with E-state index >= 15 is 0 Å². The molecule has 2 N–H and O–H groups in total. The Morgan fingerprint density at radius 1 is 1.36 bits per heavy atom. The molecule has 0 aromatic heterocycles. The molecule has 1 fully saturated rings. The highest BCUT2D eigenvalue weighted by Gasteiger charge is 2.45. The summed E-state index contributed by atoms with van der Waals surface area (Å²) in [6.45, 7) is 1.60. The second-order valence-electron chi connectivity index (χ2n) is 4.38. The lowest BCUT2D eigenvalue weighted by atomic mass is 9.93. The third kappa shape index (κ3) is 1.01. The Balaban J connectivity index is 2.10. The molecule has 0 unspecified atom stereocenters. The minimum absolute atomic E-state index is 0.260. The van der Waals surface area contributed by atoms with Gasteiger partial charge in [-0.15, -0.1) is 0 Å². The lowest BCUT2D eigenvalue weighted by Gasteiger charge is -2.16. The van der Waals surface area contributed by atoms with E-state index in [9.17, 15) is 0 Å². The maximum Gasteiger partial charge on any atom is 0.126 e. The summed E-state index contributed by atoms with van der Waals surface area (Å²) in [6, 6.07) is 6.49. The Morgan fingerprint density at radius 2 is 2.21 bits per heavy atom. The van der Waals surface area contributed by atoms with Crippen LogP contribution in [0, 0.1) is 0 Å². The summed E-state index contributed by atoms with van der Waals surface area (Å²) in [6.07, 6.45) is 3.51. The van der Waals surface area contributed by atoms with Crippen LogP contribution in [0.15, 0.2) is 18.2 Å². The number of hydrogen-bond donors (Lipinski definition) is 1. The van der Waals surface area contributed by atoms with Gasteiger partial charge in [-0.1, -0.05) is 18.2 Å². The second kappa shape index (κ2) is 2.74. The van der Waals surface area contributed by atoms with Crippen molar-refractivity contribution in [2.75, 3.05) is 13.2 Å². The van der Waals surface area contributed by atoms with Crippen molar-refractivity contribution >= 4 is 0 Å². The molecule has 14 heavy (non-hydrogen) atoms. The van der Waals surface area contributed by atoms with Crippen molar-refractivity contribution in [3.05, 3.63) is 29.3 Å². The van der Waals surface area contributed by atoms with Crippen molar-refractivity contribution in [2.24, 2.45) is 5.73 Å². The molecule has 3 rings (SSSR count). The average Bonchev–Trinajstić information content (AvgIpc) is 2.87. The normalized spacial score (nSPS) is 21.5. The summed E-state index contributed by atoms with van der Waals surface area (Å²) < 4.78 is 5.70. The van der Waals surface area contributed by atoms with Gasteiger partial charge < -0.3 is 10.5 Å². The zero-order valence-corrected chi connectivity index (χ0v) is 8.25. The standard InChI is InChI=1S/C12H15NO/c13-8-12(5-6-12)10-3-1-2-9-4-7-14-11(9)10/h1-3H,4-8,13H2. The molecule has 1 aromatic rings. The molecule has 1 aliphatic carbocycles. The summed E-state index contributed by atoms with van der Waals surface area (Å²) in [7, 11) is 0. The van der Waals surface area contributed by atoms with Gasteiger partial charge in [0.1, 0.15) is 5.75 Å². The van der Waals surface area contributed by atoms with E-state index in [-0.39, 0.29) is 5.41 Å². The summed E-state index contributed by atoms with van der Waals surface area (Å²) in [5.41, 5.74) is 8.82. The van der Waals surface area contributed by atoms with E-state index in [0.29, 0.717) is 0 Å². The molecule has 1 heterocycles. The summed E-state index contributed by atoms with van der Waals surface area (Å²) in [4.78, 5) is 0. The molecule has 0 spiro atoms. The van der Waals surface area contributed by atoms with Gasteiger partial charge in [-0.3, -0.25) is 0 Å². The van der Waals surface area contributed by atoms with Crippen molar-refractivity contribution in [2.45, 2.75) is 24.7 Å². The molecule has 0 atom stereocenters. The average molecular weight is 189 g/mol. The third-order valence-electron chi connectivity index (χ3n) is 3.53. The fourth-order valence-corrected chi connectivity index (χ4v) is 2.37. The molecule has 2 nitrogen and oxygen atoms in total. The van der Waals surface area contributed by atoms with Gasteiger partial charge in [0.25, 0.3) is 0 Å². The molecule has 1 aliphatic heterocycles. The van der Waals surface area contributed by atoms with Crippen molar-refractivity contribution in [3.63, 3.8) is 0 Å².